The Bertz CT molecular complexity index is 864. The number of rotatable bonds is 3. The zero-order valence-electron chi connectivity index (χ0n) is 14.8. The first-order valence-electron chi connectivity index (χ1n) is 8.86. The second kappa shape index (κ2) is 6.06. The highest BCUT2D eigenvalue weighted by Crippen LogP contribution is 2.37. The van der Waals surface area contributed by atoms with Crippen molar-refractivity contribution in [1.82, 2.24) is 14.5 Å². The molecule has 4 rings (SSSR count). The summed E-state index contributed by atoms with van der Waals surface area (Å²) in [4.78, 5) is 6.72. The number of hydrogen-bond donors (Lipinski definition) is 0. The highest BCUT2D eigenvalue weighted by Gasteiger charge is 2.27. The monoisotopic (exact) mass is 319 g/mol. The van der Waals surface area contributed by atoms with E-state index in [1.807, 2.05) is 18.5 Å². The molecule has 0 aliphatic carbocycles. The van der Waals surface area contributed by atoms with Crippen LogP contribution in [0.25, 0.3) is 10.9 Å². The summed E-state index contributed by atoms with van der Waals surface area (Å²) in [5, 5.41) is 1.44. The van der Waals surface area contributed by atoms with E-state index in [1.165, 1.54) is 33.3 Å². The molecule has 0 fully saturated rings. The Kier molecular flexibility index (Phi) is 3.89. The molecule has 1 unspecified atom stereocenters. The maximum atomic E-state index is 4.25. The van der Waals surface area contributed by atoms with Crippen LogP contribution < -0.4 is 0 Å². The van der Waals surface area contributed by atoms with Gasteiger partial charge >= 0.3 is 0 Å². The average Bonchev–Trinajstić information content (AvgIpc) is 2.90. The van der Waals surface area contributed by atoms with Gasteiger partial charge in [0.2, 0.25) is 0 Å². The van der Waals surface area contributed by atoms with Gasteiger partial charge in [-0.3, -0.25) is 9.88 Å². The van der Waals surface area contributed by atoms with Crippen LogP contribution in [0.15, 0.2) is 42.7 Å². The summed E-state index contributed by atoms with van der Waals surface area (Å²) in [5.41, 5.74) is 7.10. The molecule has 1 aromatic carbocycles. The summed E-state index contributed by atoms with van der Waals surface area (Å²) in [6, 6.07) is 11.6. The van der Waals surface area contributed by atoms with Crippen LogP contribution in [0.1, 0.15) is 35.3 Å². The molecule has 0 N–H and O–H groups in total. The van der Waals surface area contributed by atoms with Gasteiger partial charge in [0.05, 0.1) is 0 Å². The third kappa shape index (κ3) is 2.53. The Morgan fingerprint density at radius 3 is 2.92 bits per heavy atom. The molecular formula is C21H25N3. The zero-order valence-corrected chi connectivity index (χ0v) is 14.8. The molecule has 0 saturated heterocycles. The zero-order chi connectivity index (χ0) is 16.7. The topological polar surface area (TPSA) is 21.1 Å². The highest BCUT2D eigenvalue weighted by molar-refractivity contribution is 5.87. The molecule has 1 aliphatic heterocycles. The van der Waals surface area contributed by atoms with Crippen LogP contribution in [0.4, 0.5) is 0 Å². The van der Waals surface area contributed by atoms with Crippen LogP contribution in [0.3, 0.4) is 0 Å². The fraction of sp³-hybridized carbons (Fsp3) is 0.381. The van der Waals surface area contributed by atoms with Crippen molar-refractivity contribution in [3.8, 4) is 0 Å². The van der Waals surface area contributed by atoms with Gasteiger partial charge in [-0.15, -0.1) is 0 Å². The Morgan fingerprint density at radius 1 is 1.25 bits per heavy atom. The molecule has 124 valence electrons. The number of hydrogen-bond acceptors (Lipinski definition) is 2. The molecule has 3 aromatic rings. The summed E-state index contributed by atoms with van der Waals surface area (Å²) in [7, 11) is 2.24. The van der Waals surface area contributed by atoms with Gasteiger partial charge in [-0.2, -0.15) is 0 Å². The third-order valence-electron chi connectivity index (χ3n) is 5.50. The van der Waals surface area contributed by atoms with E-state index in [4.69, 9.17) is 0 Å². The number of aromatic nitrogens is 2. The molecule has 1 atom stereocenters. The minimum Gasteiger partial charge on any atom is -0.344 e. The van der Waals surface area contributed by atoms with Gasteiger partial charge in [-0.05, 0) is 56.6 Å². The number of pyridine rings is 1. The summed E-state index contributed by atoms with van der Waals surface area (Å²) in [6.07, 6.45) is 5.99. The smallest absolute Gasteiger partial charge is 0.0486 e. The lowest BCUT2D eigenvalue weighted by atomic mass is 9.97. The molecular weight excluding hydrogens is 294 g/mol. The quantitative estimate of drug-likeness (QED) is 0.723. The van der Waals surface area contributed by atoms with Crippen molar-refractivity contribution in [3.05, 3.63) is 65.1 Å². The van der Waals surface area contributed by atoms with E-state index >= 15 is 0 Å². The lowest BCUT2D eigenvalue weighted by Crippen LogP contribution is -2.31. The van der Waals surface area contributed by atoms with Gasteiger partial charge in [-0.25, -0.2) is 0 Å². The largest absolute Gasteiger partial charge is 0.344 e. The van der Waals surface area contributed by atoms with Crippen molar-refractivity contribution in [3.63, 3.8) is 0 Å². The van der Waals surface area contributed by atoms with E-state index in [0.717, 1.165) is 25.9 Å². The van der Waals surface area contributed by atoms with E-state index in [9.17, 15) is 0 Å². The molecule has 3 heteroatoms. The summed E-state index contributed by atoms with van der Waals surface area (Å²) < 4.78 is 2.56. The van der Waals surface area contributed by atoms with Crippen molar-refractivity contribution in [2.75, 3.05) is 13.6 Å². The summed E-state index contributed by atoms with van der Waals surface area (Å²) in [6.45, 7) is 6.69. The predicted molar refractivity (Wildman–Crippen MR) is 99.4 cm³/mol. The van der Waals surface area contributed by atoms with Gasteiger partial charge in [0, 0.05) is 54.5 Å². The summed E-state index contributed by atoms with van der Waals surface area (Å²) in [5.74, 6) is 0. The van der Waals surface area contributed by atoms with Crippen LogP contribution in [0, 0.1) is 6.92 Å². The van der Waals surface area contributed by atoms with Crippen molar-refractivity contribution < 1.29 is 0 Å². The molecule has 1 aliphatic rings. The number of aryl methyl sites for hydroxylation is 3. The number of fused-ring (bicyclic) bond motifs is 3. The van der Waals surface area contributed by atoms with E-state index in [2.05, 4.69) is 59.6 Å². The van der Waals surface area contributed by atoms with E-state index in [0.29, 0.717) is 6.04 Å². The molecule has 0 amide bonds. The predicted octanol–water partition coefficient (Wildman–Crippen LogP) is 4.14. The first-order valence-corrected chi connectivity index (χ1v) is 8.86. The van der Waals surface area contributed by atoms with Gasteiger partial charge in [0.1, 0.15) is 0 Å². The van der Waals surface area contributed by atoms with Crippen molar-refractivity contribution in [2.24, 2.45) is 0 Å². The van der Waals surface area contributed by atoms with Crippen molar-refractivity contribution in [1.29, 1.82) is 0 Å². The van der Waals surface area contributed by atoms with Gasteiger partial charge in [0.15, 0.2) is 0 Å². The lowest BCUT2D eigenvalue weighted by Gasteiger charge is -2.31. The Labute approximate surface area is 143 Å². The molecule has 2 aromatic heterocycles. The van der Waals surface area contributed by atoms with Crippen LogP contribution >= 0.6 is 0 Å². The SMILES string of the molecule is Cc1ccc2c(c1)c1c(n2CCc2cccnc2)CCN(C)C1C. The number of benzene rings is 1. The maximum Gasteiger partial charge on any atom is 0.0486 e. The fourth-order valence-electron chi connectivity index (χ4n) is 4.02. The van der Waals surface area contributed by atoms with Gasteiger partial charge < -0.3 is 4.57 Å². The first-order chi connectivity index (χ1) is 11.6. The molecule has 24 heavy (non-hydrogen) atoms. The molecule has 0 saturated carbocycles. The molecule has 3 nitrogen and oxygen atoms in total. The molecule has 0 spiro atoms. The molecule has 0 radical (unpaired) electrons. The fourth-order valence-corrected chi connectivity index (χ4v) is 4.02. The van der Waals surface area contributed by atoms with Crippen LogP contribution in [-0.4, -0.2) is 28.0 Å². The van der Waals surface area contributed by atoms with Crippen LogP contribution in [0.2, 0.25) is 0 Å². The Balaban J connectivity index is 1.80. The van der Waals surface area contributed by atoms with Gasteiger partial charge in [0.25, 0.3) is 0 Å². The minimum atomic E-state index is 0.484. The standard InChI is InChI=1S/C21H25N3/c1-15-6-7-19-18(13-15)21-16(2)23(3)11-9-20(21)24(19)12-8-17-5-4-10-22-14-17/h4-7,10,13-14,16H,8-9,11-12H2,1-3H3. The first kappa shape index (κ1) is 15.4. The van der Waals surface area contributed by atoms with Crippen molar-refractivity contribution >= 4 is 10.9 Å². The van der Waals surface area contributed by atoms with E-state index < -0.39 is 0 Å². The number of likely N-dealkylation sites (N-methyl/N-ethyl adjacent to an activating group) is 1. The third-order valence-corrected chi connectivity index (χ3v) is 5.50. The minimum absolute atomic E-state index is 0.484. The van der Waals surface area contributed by atoms with E-state index in [1.54, 1.807) is 0 Å². The average molecular weight is 319 g/mol. The Hall–Kier alpha value is -2.13. The maximum absolute atomic E-state index is 4.25. The second-order valence-corrected chi connectivity index (χ2v) is 7.05. The second-order valence-electron chi connectivity index (χ2n) is 7.05. The van der Waals surface area contributed by atoms with Crippen molar-refractivity contribution in [2.45, 2.75) is 39.3 Å². The lowest BCUT2D eigenvalue weighted by molar-refractivity contribution is 0.245. The highest BCUT2D eigenvalue weighted by atomic mass is 15.1. The van der Waals surface area contributed by atoms with E-state index in [-0.39, 0.29) is 0 Å². The molecule has 3 heterocycles. The summed E-state index contributed by atoms with van der Waals surface area (Å²) >= 11 is 0. The van der Waals surface area contributed by atoms with Crippen LogP contribution in [-0.2, 0) is 19.4 Å². The van der Waals surface area contributed by atoms with Gasteiger partial charge in [-0.1, -0.05) is 17.7 Å². The number of nitrogens with zero attached hydrogens (tertiary/aromatic N) is 3. The Morgan fingerprint density at radius 2 is 2.12 bits per heavy atom. The van der Waals surface area contributed by atoms with Crippen LogP contribution in [0.5, 0.6) is 0 Å². The normalized spacial score (nSPS) is 18.0. The molecule has 0 bridgehead atoms.